The maximum absolute atomic E-state index is 5.89. The zero-order valence-electron chi connectivity index (χ0n) is 13.3. The number of nitrogens with one attached hydrogen (secondary N) is 1. The molecular weight excluding hydrogens is 276 g/mol. The third-order valence-corrected chi connectivity index (χ3v) is 3.79. The van der Waals surface area contributed by atoms with Gasteiger partial charge in [-0.25, -0.2) is 9.97 Å². The molecule has 0 atom stereocenters. The molecule has 22 heavy (non-hydrogen) atoms. The maximum Gasteiger partial charge on any atom is 0.222 e. The molecule has 0 radical (unpaired) electrons. The molecule has 0 fully saturated rings. The van der Waals surface area contributed by atoms with Crippen LogP contribution >= 0.6 is 0 Å². The van der Waals surface area contributed by atoms with Crippen LogP contribution in [0.4, 0.5) is 5.69 Å². The topological polar surface area (TPSA) is 50.3 Å². The molecule has 0 saturated carbocycles. The van der Waals surface area contributed by atoms with E-state index in [2.05, 4.69) is 53.2 Å². The Kier molecular flexibility index (Phi) is 4.24. The van der Waals surface area contributed by atoms with Gasteiger partial charge in [0, 0.05) is 37.9 Å². The molecule has 1 aromatic heterocycles. The smallest absolute Gasteiger partial charge is 0.222 e. The van der Waals surface area contributed by atoms with Crippen molar-refractivity contribution in [1.29, 1.82) is 0 Å². The minimum absolute atomic E-state index is 0.424. The van der Waals surface area contributed by atoms with Crippen molar-refractivity contribution in [2.45, 2.75) is 32.9 Å². The lowest BCUT2D eigenvalue weighted by atomic mass is 10.1. The highest BCUT2D eigenvalue weighted by molar-refractivity contribution is 5.59. The van der Waals surface area contributed by atoms with Crippen LogP contribution in [0.15, 0.2) is 30.6 Å². The predicted octanol–water partition coefficient (Wildman–Crippen LogP) is 2.76. The van der Waals surface area contributed by atoms with Crippen molar-refractivity contribution in [2.24, 2.45) is 0 Å². The quantitative estimate of drug-likeness (QED) is 0.920. The summed E-state index contributed by atoms with van der Waals surface area (Å²) in [5.74, 6) is 1.41. The fourth-order valence-corrected chi connectivity index (χ4v) is 2.57. The molecule has 0 aliphatic carbocycles. The van der Waals surface area contributed by atoms with Gasteiger partial charge in [0.15, 0.2) is 0 Å². The largest absolute Gasteiger partial charge is 0.439 e. The van der Waals surface area contributed by atoms with Crippen LogP contribution in [0.1, 0.15) is 25.1 Å². The van der Waals surface area contributed by atoms with Gasteiger partial charge in [0.25, 0.3) is 0 Å². The number of aromatic nitrogens is 2. The van der Waals surface area contributed by atoms with E-state index < -0.39 is 0 Å². The number of hydrogen-bond acceptors (Lipinski definition) is 5. The second kappa shape index (κ2) is 6.32. The Morgan fingerprint density at radius 1 is 1.27 bits per heavy atom. The molecule has 0 spiro atoms. The van der Waals surface area contributed by atoms with E-state index in [0.29, 0.717) is 18.5 Å². The zero-order valence-corrected chi connectivity index (χ0v) is 13.3. The number of hydrogen-bond donors (Lipinski definition) is 1. The van der Waals surface area contributed by atoms with Crippen molar-refractivity contribution in [1.82, 2.24) is 15.3 Å². The summed E-state index contributed by atoms with van der Waals surface area (Å²) < 4.78 is 5.89. The molecule has 1 aliphatic rings. The van der Waals surface area contributed by atoms with Crippen LogP contribution < -0.4 is 15.0 Å². The predicted molar refractivity (Wildman–Crippen MR) is 87.5 cm³/mol. The standard InChI is InChI=1S/C17H22N4O/c1-12(2)18-10-14-9-17(20-11-19-14)22-15-4-5-16-13(8-15)6-7-21(16)3/h4-5,8-9,11-12,18H,6-7,10H2,1-3H3. The van der Waals surface area contributed by atoms with Crippen LogP contribution in [0.2, 0.25) is 0 Å². The highest BCUT2D eigenvalue weighted by Gasteiger charge is 2.16. The number of benzene rings is 1. The van der Waals surface area contributed by atoms with Crippen molar-refractivity contribution < 1.29 is 4.74 Å². The van der Waals surface area contributed by atoms with Gasteiger partial charge >= 0.3 is 0 Å². The summed E-state index contributed by atoms with van der Waals surface area (Å²) in [5, 5.41) is 3.34. The molecule has 2 heterocycles. The SMILES string of the molecule is CC(C)NCc1cc(Oc2ccc3c(c2)CCN3C)ncn1. The lowest BCUT2D eigenvalue weighted by Crippen LogP contribution is -2.22. The molecule has 5 heteroatoms. The van der Waals surface area contributed by atoms with Gasteiger partial charge < -0.3 is 15.0 Å². The van der Waals surface area contributed by atoms with Crippen molar-refractivity contribution in [3.8, 4) is 11.6 Å². The van der Waals surface area contributed by atoms with E-state index in [1.165, 1.54) is 11.3 Å². The average molecular weight is 298 g/mol. The van der Waals surface area contributed by atoms with E-state index >= 15 is 0 Å². The van der Waals surface area contributed by atoms with Gasteiger partial charge in [-0.3, -0.25) is 0 Å². The summed E-state index contributed by atoms with van der Waals surface area (Å²) in [6, 6.07) is 8.52. The van der Waals surface area contributed by atoms with Gasteiger partial charge in [0.05, 0.1) is 5.69 Å². The van der Waals surface area contributed by atoms with E-state index in [1.54, 1.807) is 6.33 Å². The molecular formula is C17H22N4O. The maximum atomic E-state index is 5.89. The summed E-state index contributed by atoms with van der Waals surface area (Å²) in [6.45, 7) is 6.00. The Bertz CT molecular complexity index is 657. The minimum atomic E-state index is 0.424. The van der Waals surface area contributed by atoms with Crippen LogP contribution in [0.3, 0.4) is 0 Å². The molecule has 5 nitrogen and oxygen atoms in total. The lowest BCUT2D eigenvalue weighted by Gasteiger charge is -2.12. The molecule has 2 aromatic rings. The summed E-state index contributed by atoms with van der Waals surface area (Å²) in [6.07, 6.45) is 2.62. The molecule has 1 N–H and O–H groups in total. The average Bonchev–Trinajstić information content (AvgIpc) is 2.86. The molecule has 1 aromatic carbocycles. The molecule has 0 amide bonds. The van der Waals surface area contributed by atoms with Gasteiger partial charge in [-0.15, -0.1) is 0 Å². The fourth-order valence-electron chi connectivity index (χ4n) is 2.57. The van der Waals surface area contributed by atoms with Crippen LogP contribution in [-0.2, 0) is 13.0 Å². The van der Waals surface area contributed by atoms with Crippen molar-refractivity contribution >= 4 is 5.69 Å². The summed E-state index contributed by atoms with van der Waals surface area (Å²) >= 11 is 0. The van der Waals surface area contributed by atoms with Gasteiger partial charge in [-0.05, 0) is 30.2 Å². The van der Waals surface area contributed by atoms with E-state index in [9.17, 15) is 0 Å². The van der Waals surface area contributed by atoms with Crippen LogP contribution in [0.5, 0.6) is 11.6 Å². The van der Waals surface area contributed by atoms with Crippen LogP contribution in [-0.4, -0.2) is 29.6 Å². The fraction of sp³-hybridized carbons (Fsp3) is 0.412. The summed E-state index contributed by atoms with van der Waals surface area (Å²) in [4.78, 5) is 10.7. The van der Waals surface area contributed by atoms with E-state index in [0.717, 1.165) is 24.4 Å². The molecule has 1 aliphatic heterocycles. The Morgan fingerprint density at radius 3 is 2.95 bits per heavy atom. The number of nitrogens with zero attached hydrogens (tertiary/aromatic N) is 3. The number of fused-ring (bicyclic) bond motifs is 1. The first-order valence-electron chi connectivity index (χ1n) is 7.68. The van der Waals surface area contributed by atoms with Crippen LogP contribution in [0, 0.1) is 0 Å². The van der Waals surface area contributed by atoms with Crippen LogP contribution in [0.25, 0.3) is 0 Å². The van der Waals surface area contributed by atoms with E-state index in [4.69, 9.17) is 4.74 Å². The third kappa shape index (κ3) is 3.36. The highest BCUT2D eigenvalue weighted by atomic mass is 16.5. The first-order chi connectivity index (χ1) is 10.6. The minimum Gasteiger partial charge on any atom is -0.439 e. The lowest BCUT2D eigenvalue weighted by molar-refractivity contribution is 0.458. The molecule has 116 valence electrons. The Morgan fingerprint density at radius 2 is 2.14 bits per heavy atom. The zero-order chi connectivity index (χ0) is 15.5. The molecule has 0 unspecified atom stereocenters. The number of anilines is 1. The number of likely N-dealkylation sites (N-methyl/N-ethyl adjacent to an activating group) is 1. The summed E-state index contributed by atoms with van der Waals surface area (Å²) in [5.41, 5.74) is 3.55. The van der Waals surface area contributed by atoms with Gasteiger partial charge in [0.2, 0.25) is 5.88 Å². The molecule has 0 bridgehead atoms. The Labute approximate surface area is 131 Å². The van der Waals surface area contributed by atoms with Gasteiger partial charge in [-0.1, -0.05) is 13.8 Å². The molecule has 0 saturated heterocycles. The van der Waals surface area contributed by atoms with Crippen molar-refractivity contribution in [3.05, 3.63) is 41.9 Å². The molecule has 3 rings (SSSR count). The highest BCUT2D eigenvalue weighted by Crippen LogP contribution is 2.31. The number of ether oxygens (including phenoxy) is 1. The Balaban J connectivity index is 1.72. The van der Waals surface area contributed by atoms with Crippen molar-refractivity contribution in [2.75, 3.05) is 18.5 Å². The van der Waals surface area contributed by atoms with E-state index in [1.807, 2.05) is 12.1 Å². The normalized spacial score (nSPS) is 13.5. The second-order valence-corrected chi connectivity index (χ2v) is 5.95. The number of rotatable bonds is 5. The Hall–Kier alpha value is -2.14. The summed E-state index contributed by atoms with van der Waals surface area (Å²) in [7, 11) is 2.12. The van der Waals surface area contributed by atoms with E-state index in [-0.39, 0.29) is 0 Å². The first kappa shape index (κ1) is 14.8. The monoisotopic (exact) mass is 298 g/mol. The van der Waals surface area contributed by atoms with Crippen molar-refractivity contribution in [3.63, 3.8) is 0 Å². The third-order valence-electron chi connectivity index (χ3n) is 3.79. The first-order valence-corrected chi connectivity index (χ1v) is 7.68. The van der Waals surface area contributed by atoms with Gasteiger partial charge in [-0.2, -0.15) is 0 Å². The second-order valence-electron chi connectivity index (χ2n) is 5.95. The van der Waals surface area contributed by atoms with Gasteiger partial charge in [0.1, 0.15) is 12.1 Å².